The third-order valence-electron chi connectivity index (χ3n) is 6.54. The van der Waals surface area contributed by atoms with Crippen molar-refractivity contribution in [1.29, 1.82) is 0 Å². The highest BCUT2D eigenvalue weighted by Crippen LogP contribution is 2.27. The zero-order valence-electron chi connectivity index (χ0n) is 23.2. The molecule has 0 radical (unpaired) electrons. The van der Waals surface area contributed by atoms with Crippen LogP contribution in [-0.2, 0) is 32.6 Å². The zero-order valence-corrected chi connectivity index (χ0v) is 24.1. The first-order chi connectivity index (χ1) is 19.9. The van der Waals surface area contributed by atoms with Crippen LogP contribution in [0.2, 0.25) is 0 Å². The van der Waals surface area contributed by atoms with Crippen LogP contribution in [0.5, 0.6) is 5.75 Å². The third kappa shape index (κ3) is 8.79. The van der Waals surface area contributed by atoms with Gasteiger partial charge in [0.15, 0.2) is 0 Å². The van der Waals surface area contributed by atoms with Crippen LogP contribution < -0.4 is 15.9 Å². The van der Waals surface area contributed by atoms with Crippen molar-refractivity contribution in [2.45, 2.75) is 50.5 Å². The van der Waals surface area contributed by atoms with Crippen molar-refractivity contribution in [1.82, 2.24) is 19.5 Å². The van der Waals surface area contributed by atoms with E-state index in [1.54, 1.807) is 6.92 Å². The summed E-state index contributed by atoms with van der Waals surface area (Å²) >= 11 is 0. The number of benzene rings is 2. The van der Waals surface area contributed by atoms with Crippen molar-refractivity contribution in [2.75, 3.05) is 32.7 Å². The van der Waals surface area contributed by atoms with Crippen molar-refractivity contribution < 1.29 is 35.9 Å². The monoisotopic (exact) mass is 613 g/mol. The molecule has 0 unspecified atom stereocenters. The standard InChI is InChI=1S/C26H34F3N7O5S/c1-3-5-19-6-8-20(9-7-19)16-31-25(38)23-17-34(24(37)18-35(4-2)33-32-30)14-15-36(23)42(39,40)22-12-10-21(11-13-22)41-26(27,28)29/h6-13,23H,3-5,14-18H2,1-2H3,(H2,30,33)(H,31,38)/t23-/m1/s1. The van der Waals surface area contributed by atoms with Gasteiger partial charge < -0.3 is 20.8 Å². The van der Waals surface area contributed by atoms with Crippen molar-refractivity contribution in [3.05, 3.63) is 59.7 Å². The number of aryl methyl sites for hydroxylation is 1. The topological polar surface area (TPSA) is 150 Å². The van der Waals surface area contributed by atoms with E-state index in [1.807, 2.05) is 24.3 Å². The first-order valence-electron chi connectivity index (χ1n) is 13.2. The zero-order chi connectivity index (χ0) is 30.9. The van der Waals surface area contributed by atoms with Crippen LogP contribution in [0.4, 0.5) is 13.2 Å². The van der Waals surface area contributed by atoms with Gasteiger partial charge in [-0.3, -0.25) is 14.6 Å². The van der Waals surface area contributed by atoms with Gasteiger partial charge in [-0.05, 0) is 48.7 Å². The highest BCUT2D eigenvalue weighted by Gasteiger charge is 2.41. The lowest BCUT2D eigenvalue weighted by Gasteiger charge is -2.40. The molecule has 1 aliphatic heterocycles. The Hall–Kier alpha value is -3.92. The molecule has 3 rings (SSSR count). The number of rotatable bonds is 12. The molecule has 16 heteroatoms. The Balaban J connectivity index is 1.83. The number of likely N-dealkylation sites (N-methyl/N-ethyl adjacent to an activating group) is 1. The van der Waals surface area contributed by atoms with Gasteiger partial charge in [0.2, 0.25) is 21.8 Å². The summed E-state index contributed by atoms with van der Waals surface area (Å²) in [7, 11) is -4.36. The molecule has 0 aliphatic carbocycles. The van der Waals surface area contributed by atoms with E-state index in [0.717, 1.165) is 52.5 Å². The Morgan fingerprint density at radius 3 is 2.29 bits per heavy atom. The number of halogens is 3. The largest absolute Gasteiger partial charge is 0.573 e. The maximum Gasteiger partial charge on any atom is 0.573 e. The summed E-state index contributed by atoms with van der Waals surface area (Å²) in [6, 6.07) is 10.0. The first kappa shape index (κ1) is 32.6. The molecule has 230 valence electrons. The number of amides is 2. The number of hydrogen-bond donors (Lipinski definition) is 2. The van der Waals surface area contributed by atoms with Crippen LogP contribution in [-0.4, -0.2) is 79.6 Å². The summed E-state index contributed by atoms with van der Waals surface area (Å²) in [6.45, 7) is 3.54. The summed E-state index contributed by atoms with van der Waals surface area (Å²) in [5, 5.41) is 10.9. The van der Waals surface area contributed by atoms with E-state index in [2.05, 4.69) is 27.4 Å². The molecule has 0 bridgehead atoms. The molecule has 12 nitrogen and oxygen atoms in total. The second-order valence-electron chi connectivity index (χ2n) is 9.46. The Morgan fingerprint density at radius 1 is 1.07 bits per heavy atom. The van der Waals surface area contributed by atoms with Gasteiger partial charge in [0.25, 0.3) is 0 Å². The molecule has 1 aliphatic rings. The summed E-state index contributed by atoms with van der Waals surface area (Å²) in [4.78, 5) is 27.4. The number of nitrogens with two attached hydrogens (primary N) is 1. The maximum absolute atomic E-state index is 13.6. The molecule has 2 aromatic carbocycles. The van der Waals surface area contributed by atoms with Crippen LogP contribution >= 0.6 is 0 Å². The lowest BCUT2D eigenvalue weighted by atomic mass is 10.1. The average molecular weight is 614 g/mol. The second kappa shape index (κ2) is 14.3. The van der Waals surface area contributed by atoms with E-state index >= 15 is 0 Å². The lowest BCUT2D eigenvalue weighted by Crippen LogP contribution is -2.62. The molecular formula is C26H34F3N7O5S. The summed E-state index contributed by atoms with van der Waals surface area (Å²) < 4.78 is 69.6. The SMILES string of the molecule is CCCc1ccc(CNC(=O)[C@H]2CN(C(=O)CN(CC)/N=N\N)CCN2S(=O)(=O)c2ccc(OC(F)(F)F)cc2)cc1. The number of alkyl halides is 3. The van der Waals surface area contributed by atoms with Crippen molar-refractivity contribution in [3.63, 3.8) is 0 Å². The molecule has 42 heavy (non-hydrogen) atoms. The highest BCUT2D eigenvalue weighted by molar-refractivity contribution is 7.89. The van der Waals surface area contributed by atoms with E-state index in [4.69, 9.17) is 5.84 Å². The third-order valence-corrected chi connectivity index (χ3v) is 8.46. The predicted molar refractivity (Wildman–Crippen MR) is 146 cm³/mol. The number of nitrogens with zero attached hydrogens (tertiary/aromatic N) is 5. The van der Waals surface area contributed by atoms with E-state index in [9.17, 15) is 31.2 Å². The minimum Gasteiger partial charge on any atom is -0.406 e. The van der Waals surface area contributed by atoms with Crippen molar-refractivity contribution >= 4 is 21.8 Å². The highest BCUT2D eigenvalue weighted by atomic mass is 32.2. The molecule has 1 heterocycles. The number of sulfonamides is 1. The summed E-state index contributed by atoms with van der Waals surface area (Å²) in [5.41, 5.74) is 1.94. The smallest absolute Gasteiger partial charge is 0.406 e. The summed E-state index contributed by atoms with van der Waals surface area (Å²) in [5.74, 6) is 3.44. The number of nitrogens with one attached hydrogen (secondary N) is 1. The molecule has 1 fully saturated rings. The molecule has 1 saturated heterocycles. The average Bonchev–Trinajstić information content (AvgIpc) is 2.95. The molecule has 1 atom stereocenters. The van der Waals surface area contributed by atoms with Gasteiger partial charge in [-0.2, -0.15) is 4.31 Å². The Labute approximate surface area is 242 Å². The quantitative estimate of drug-likeness (QED) is 0.212. The fourth-order valence-corrected chi connectivity index (χ4v) is 5.97. The van der Waals surface area contributed by atoms with Crippen LogP contribution in [0.25, 0.3) is 0 Å². The van der Waals surface area contributed by atoms with Crippen LogP contribution in [0.15, 0.2) is 63.9 Å². The van der Waals surface area contributed by atoms with Gasteiger partial charge in [-0.15, -0.1) is 13.2 Å². The minimum absolute atomic E-state index is 0.0344. The van der Waals surface area contributed by atoms with Crippen LogP contribution in [0, 0.1) is 0 Å². The Kier molecular flexibility index (Phi) is 11.1. The Bertz CT molecular complexity index is 1340. The number of carbonyl (C=O) groups is 2. The van der Waals surface area contributed by atoms with Gasteiger partial charge in [0.1, 0.15) is 18.3 Å². The lowest BCUT2D eigenvalue weighted by molar-refractivity contribution is -0.274. The molecular weight excluding hydrogens is 579 g/mol. The van der Waals surface area contributed by atoms with Crippen LogP contribution in [0.1, 0.15) is 31.4 Å². The molecule has 3 N–H and O–H groups in total. The van der Waals surface area contributed by atoms with Gasteiger partial charge >= 0.3 is 6.36 Å². The second-order valence-corrected chi connectivity index (χ2v) is 11.4. The maximum atomic E-state index is 13.6. The first-order valence-corrected chi connectivity index (χ1v) is 14.7. The van der Waals surface area contributed by atoms with Gasteiger partial charge in [-0.1, -0.05) is 48.1 Å². The fraction of sp³-hybridized carbons (Fsp3) is 0.462. The Morgan fingerprint density at radius 2 is 1.71 bits per heavy atom. The molecule has 0 spiro atoms. The van der Waals surface area contributed by atoms with E-state index in [0.29, 0.717) is 6.54 Å². The predicted octanol–water partition coefficient (Wildman–Crippen LogP) is 2.62. The van der Waals surface area contributed by atoms with Gasteiger partial charge in [0.05, 0.1) is 4.90 Å². The molecule has 0 saturated carbocycles. The number of carbonyl (C=O) groups excluding carboxylic acids is 2. The van der Waals surface area contributed by atoms with E-state index in [-0.39, 0.29) is 37.6 Å². The van der Waals surface area contributed by atoms with Gasteiger partial charge in [-0.25, -0.2) is 8.42 Å². The number of ether oxygens (including phenoxy) is 1. The van der Waals surface area contributed by atoms with E-state index < -0.39 is 40.0 Å². The van der Waals surface area contributed by atoms with Gasteiger partial charge in [0, 0.05) is 32.7 Å². The normalized spacial score (nSPS) is 16.4. The molecule has 2 aromatic rings. The summed E-state index contributed by atoms with van der Waals surface area (Å²) in [6.07, 6.45) is -3.04. The molecule has 2 amide bonds. The van der Waals surface area contributed by atoms with E-state index in [1.165, 1.54) is 9.91 Å². The number of piperazine rings is 1. The minimum atomic E-state index is -4.94. The van der Waals surface area contributed by atoms with Crippen molar-refractivity contribution in [3.8, 4) is 5.75 Å². The van der Waals surface area contributed by atoms with Crippen LogP contribution in [0.3, 0.4) is 0 Å². The van der Waals surface area contributed by atoms with Crippen molar-refractivity contribution in [2.24, 2.45) is 16.3 Å². The molecule has 0 aromatic heterocycles. The number of hydrogen-bond acceptors (Lipinski definition) is 7. The fourth-order valence-electron chi connectivity index (χ4n) is 4.40.